The Morgan fingerprint density at radius 1 is 0.750 bits per heavy atom. The molecular formula is C7H10O9. The quantitative estimate of drug-likeness (QED) is 0.253. The number of carbonyl (C=O) groups is 3. The summed E-state index contributed by atoms with van der Waals surface area (Å²) in [5.41, 5.74) is 0. The van der Waals surface area contributed by atoms with Gasteiger partial charge in [0.15, 0.2) is 6.10 Å². The van der Waals surface area contributed by atoms with E-state index in [1.807, 2.05) is 0 Å². The summed E-state index contributed by atoms with van der Waals surface area (Å²) in [6.45, 7) is 0. The summed E-state index contributed by atoms with van der Waals surface area (Å²) in [4.78, 5) is 31.2. The monoisotopic (exact) mass is 238 g/mol. The first-order chi connectivity index (χ1) is 7.20. The van der Waals surface area contributed by atoms with Crippen molar-refractivity contribution in [3.8, 4) is 0 Å². The van der Waals surface area contributed by atoms with Crippen molar-refractivity contribution >= 4 is 17.7 Å². The highest BCUT2D eigenvalue weighted by Crippen LogP contribution is 2.04. The molecule has 0 aromatic heterocycles. The lowest BCUT2D eigenvalue weighted by molar-refractivity contribution is -0.166. The molecule has 9 nitrogen and oxygen atoms in total. The van der Waals surface area contributed by atoms with Gasteiger partial charge in [-0.2, -0.15) is 0 Å². The predicted molar refractivity (Wildman–Crippen MR) is 44.3 cm³/mol. The average molecular weight is 238 g/mol. The number of carboxylic acid groups (broad SMARTS) is 2. The van der Waals surface area contributed by atoms with Gasteiger partial charge in [0.1, 0.15) is 12.2 Å². The summed E-state index contributed by atoms with van der Waals surface area (Å²) in [5, 5.41) is 51.8. The molecule has 0 saturated carbocycles. The van der Waals surface area contributed by atoms with E-state index in [1.165, 1.54) is 0 Å². The molecule has 0 amide bonds. The fourth-order valence-corrected chi connectivity index (χ4v) is 0.770. The number of rotatable bonds is 6. The van der Waals surface area contributed by atoms with Gasteiger partial charge in [-0.05, 0) is 0 Å². The average Bonchev–Trinajstić information content (AvgIpc) is 2.23. The van der Waals surface area contributed by atoms with Gasteiger partial charge in [0.2, 0.25) is 11.9 Å². The van der Waals surface area contributed by atoms with Crippen molar-refractivity contribution in [2.24, 2.45) is 0 Å². The van der Waals surface area contributed by atoms with Crippen LogP contribution >= 0.6 is 0 Å². The fourth-order valence-electron chi connectivity index (χ4n) is 0.770. The summed E-state index contributed by atoms with van der Waals surface area (Å²) in [6.07, 6.45) is -10.0. The van der Waals surface area contributed by atoms with Crippen molar-refractivity contribution in [3.05, 3.63) is 0 Å². The Bertz CT molecular complexity index is 298. The van der Waals surface area contributed by atoms with Crippen LogP contribution in [0.25, 0.3) is 0 Å². The molecule has 0 aromatic carbocycles. The third kappa shape index (κ3) is 3.24. The Balaban J connectivity index is 4.67. The number of ketones is 1. The van der Waals surface area contributed by atoms with Gasteiger partial charge < -0.3 is 30.6 Å². The number of carboxylic acids is 2. The van der Waals surface area contributed by atoms with Gasteiger partial charge in [0.05, 0.1) is 0 Å². The molecule has 0 aliphatic carbocycles. The van der Waals surface area contributed by atoms with Crippen LogP contribution in [-0.2, 0) is 14.4 Å². The number of hydrogen-bond acceptors (Lipinski definition) is 7. The Labute approximate surface area is 88.2 Å². The van der Waals surface area contributed by atoms with Crippen molar-refractivity contribution in [2.75, 3.05) is 0 Å². The Hall–Kier alpha value is -1.55. The number of hydrogen-bond donors (Lipinski definition) is 6. The lowest BCUT2D eigenvalue weighted by atomic mass is 10.0. The Kier molecular flexibility index (Phi) is 4.98. The van der Waals surface area contributed by atoms with E-state index in [9.17, 15) is 14.4 Å². The lowest BCUT2D eigenvalue weighted by Gasteiger charge is -2.19. The number of aliphatic carboxylic acids is 2. The van der Waals surface area contributed by atoms with E-state index >= 15 is 0 Å². The second-order valence-electron chi connectivity index (χ2n) is 2.86. The first-order valence-corrected chi connectivity index (χ1v) is 3.91. The maximum absolute atomic E-state index is 10.9. The SMILES string of the molecule is O=C(O)C(O)C(=O)C(O)C(O)C(O)C(=O)O. The van der Waals surface area contributed by atoms with Gasteiger partial charge in [-0.25, -0.2) is 9.59 Å². The van der Waals surface area contributed by atoms with Crippen LogP contribution in [0.15, 0.2) is 0 Å². The molecule has 6 N–H and O–H groups in total. The summed E-state index contributed by atoms with van der Waals surface area (Å²) in [6, 6.07) is 0. The molecule has 0 bridgehead atoms. The van der Waals surface area contributed by atoms with Gasteiger partial charge in [0.25, 0.3) is 0 Å². The van der Waals surface area contributed by atoms with Crippen LogP contribution in [0.2, 0.25) is 0 Å². The predicted octanol–water partition coefficient (Wildman–Crippen LogP) is -3.83. The van der Waals surface area contributed by atoms with E-state index in [0.717, 1.165) is 0 Å². The molecule has 0 radical (unpaired) electrons. The number of carbonyl (C=O) groups excluding carboxylic acids is 1. The molecule has 4 atom stereocenters. The number of aliphatic hydroxyl groups is 4. The van der Waals surface area contributed by atoms with Crippen molar-refractivity contribution in [2.45, 2.75) is 24.4 Å². The van der Waals surface area contributed by atoms with Crippen molar-refractivity contribution in [1.29, 1.82) is 0 Å². The van der Waals surface area contributed by atoms with Crippen LogP contribution in [0.1, 0.15) is 0 Å². The Morgan fingerprint density at radius 2 is 1.19 bits per heavy atom. The van der Waals surface area contributed by atoms with E-state index < -0.39 is 42.1 Å². The highest BCUT2D eigenvalue weighted by Gasteiger charge is 2.39. The molecule has 0 rings (SSSR count). The summed E-state index contributed by atoms with van der Waals surface area (Å²) >= 11 is 0. The summed E-state index contributed by atoms with van der Waals surface area (Å²) in [5.74, 6) is -5.61. The van der Waals surface area contributed by atoms with Crippen LogP contribution in [0.5, 0.6) is 0 Å². The molecule has 0 spiro atoms. The van der Waals surface area contributed by atoms with Crippen molar-refractivity contribution in [1.82, 2.24) is 0 Å². The van der Waals surface area contributed by atoms with Gasteiger partial charge in [0, 0.05) is 0 Å². The third-order valence-electron chi connectivity index (χ3n) is 1.69. The van der Waals surface area contributed by atoms with Crippen molar-refractivity contribution in [3.63, 3.8) is 0 Å². The molecule has 0 aromatic rings. The molecule has 0 heterocycles. The van der Waals surface area contributed by atoms with E-state index in [4.69, 9.17) is 30.6 Å². The lowest BCUT2D eigenvalue weighted by Crippen LogP contribution is -2.50. The molecule has 92 valence electrons. The highest BCUT2D eigenvalue weighted by atomic mass is 16.4. The van der Waals surface area contributed by atoms with Crippen LogP contribution in [0.3, 0.4) is 0 Å². The summed E-state index contributed by atoms with van der Waals surface area (Å²) in [7, 11) is 0. The van der Waals surface area contributed by atoms with Gasteiger partial charge >= 0.3 is 11.9 Å². The van der Waals surface area contributed by atoms with Crippen LogP contribution in [0.4, 0.5) is 0 Å². The van der Waals surface area contributed by atoms with E-state index in [1.54, 1.807) is 0 Å². The molecule has 0 aliphatic heterocycles. The maximum Gasteiger partial charge on any atom is 0.340 e. The number of Topliss-reactive ketones (excluding diaryl/α,β-unsaturated/α-hetero) is 1. The van der Waals surface area contributed by atoms with E-state index in [-0.39, 0.29) is 0 Å². The number of aliphatic hydroxyl groups excluding tert-OH is 4. The van der Waals surface area contributed by atoms with E-state index in [0.29, 0.717) is 0 Å². The second-order valence-corrected chi connectivity index (χ2v) is 2.86. The minimum absolute atomic E-state index is 1.72. The summed E-state index contributed by atoms with van der Waals surface area (Å²) < 4.78 is 0. The minimum atomic E-state index is -2.61. The Morgan fingerprint density at radius 3 is 1.50 bits per heavy atom. The zero-order valence-corrected chi connectivity index (χ0v) is 7.72. The van der Waals surface area contributed by atoms with Gasteiger partial charge in [-0.15, -0.1) is 0 Å². The van der Waals surface area contributed by atoms with Gasteiger partial charge in [-0.1, -0.05) is 0 Å². The first-order valence-electron chi connectivity index (χ1n) is 3.91. The zero-order valence-electron chi connectivity index (χ0n) is 7.72. The molecule has 0 fully saturated rings. The van der Waals surface area contributed by atoms with Crippen molar-refractivity contribution < 1.29 is 45.0 Å². The normalized spacial score (nSPS) is 18.2. The minimum Gasteiger partial charge on any atom is -0.479 e. The van der Waals surface area contributed by atoms with E-state index in [2.05, 4.69) is 0 Å². The largest absolute Gasteiger partial charge is 0.479 e. The molecular weight excluding hydrogens is 228 g/mol. The fraction of sp³-hybridized carbons (Fsp3) is 0.571. The van der Waals surface area contributed by atoms with Crippen LogP contribution < -0.4 is 0 Å². The standard InChI is InChI=1S/C7H10O9/c8-1(2(9)4(11)6(13)14)3(10)5(12)7(15)16/h1-2,4-5,8-9,11-12H,(H,13,14)(H,15,16). The smallest absolute Gasteiger partial charge is 0.340 e. The van der Waals surface area contributed by atoms with Gasteiger partial charge in [-0.3, -0.25) is 4.79 Å². The zero-order chi connectivity index (χ0) is 13.0. The first kappa shape index (κ1) is 14.5. The van der Waals surface area contributed by atoms with Crippen LogP contribution in [-0.4, -0.2) is 72.8 Å². The highest BCUT2D eigenvalue weighted by molar-refractivity contribution is 6.03. The molecule has 16 heavy (non-hydrogen) atoms. The third-order valence-corrected chi connectivity index (χ3v) is 1.69. The van der Waals surface area contributed by atoms with Crippen LogP contribution in [0, 0.1) is 0 Å². The molecule has 9 heteroatoms. The molecule has 0 saturated heterocycles. The maximum atomic E-state index is 10.9. The molecule has 4 unspecified atom stereocenters. The molecule has 0 aliphatic rings. The topological polar surface area (TPSA) is 173 Å². The second kappa shape index (κ2) is 5.51.